The van der Waals surface area contributed by atoms with Gasteiger partial charge in [-0.05, 0) is 24.3 Å². The molecule has 2 rings (SSSR count). The van der Waals surface area contributed by atoms with Crippen LogP contribution >= 0.6 is 0 Å². The molecular weight excluding hydrogens is 266 g/mol. The van der Waals surface area contributed by atoms with E-state index in [1.54, 1.807) is 43.3 Å². The van der Waals surface area contributed by atoms with Gasteiger partial charge in [-0.25, -0.2) is 0 Å². The number of ketones is 1. The molecule has 0 saturated heterocycles. The minimum absolute atomic E-state index is 0.00549. The summed E-state index contributed by atoms with van der Waals surface area (Å²) < 4.78 is 5.46. The van der Waals surface area contributed by atoms with Crippen LogP contribution in [0.3, 0.4) is 0 Å². The molecule has 0 atom stereocenters. The van der Waals surface area contributed by atoms with Crippen molar-refractivity contribution in [3.63, 3.8) is 0 Å². The van der Waals surface area contributed by atoms with E-state index in [-0.39, 0.29) is 18.3 Å². The maximum Gasteiger partial charge on any atom is 0.262 e. The van der Waals surface area contributed by atoms with E-state index in [9.17, 15) is 9.59 Å². The molecule has 0 aliphatic carbocycles. The Morgan fingerprint density at radius 3 is 2.38 bits per heavy atom. The number of nitrogens with one attached hydrogen (secondary N) is 1. The number of benzene rings is 2. The van der Waals surface area contributed by atoms with Crippen molar-refractivity contribution in [3.05, 3.63) is 60.2 Å². The van der Waals surface area contributed by atoms with Crippen molar-refractivity contribution in [1.29, 1.82) is 0 Å². The summed E-state index contributed by atoms with van der Waals surface area (Å²) in [4.78, 5) is 23.6. The molecule has 0 spiro atoms. The molecule has 21 heavy (non-hydrogen) atoms. The SMILES string of the molecule is CCC(=O)c1ccccc1OCC(=O)Nc1ccccc1. The van der Waals surface area contributed by atoms with Crippen LogP contribution in [0.15, 0.2) is 54.6 Å². The van der Waals surface area contributed by atoms with Gasteiger partial charge >= 0.3 is 0 Å². The molecule has 0 bridgehead atoms. The van der Waals surface area contributed by atoms with Gasteiger partial charge in [0.1, 0.15) is 5.75 Å². The summed E-state index contributed by atoms with van der Waals surface area (Å²) >= 11 is 0. The molecule has 0 aliphatic heterocycles. The van der Waals surface area contributed by atoms with Crippen LogP contribution in [0, 0.1) is 0 Å². The molecule has 0 aliphatic rings. The van der Waals surface area contributed by atoms with Gasteiger partial charge in [0.05, 0.1) is 5.56 Å². The van der Waals surface area contributed by atoms with Crippen LogP contribution in [0.25, 0.3) is 0 Å². The molecule has 0 unspecified atom stereocenters. The predicted octanol–water partition coefficient (Wildman–Crippen LogP) is 3.30. The van der Waals surface area contributed by atoms with Gasteiger partial charge in [0.25, 0.3) is 5.91 Å². The number of Topliss-reactive ketones (excluding diaryl/α,β-unsaturated/α-hetero) is 1. The van der Waals surface area contributed by atoms with E-state index in [1.807, 2.05) is 18.2 Å². The normalized spacial score (nSPS) is 9.95. The quantitative estimate of drug-likeness (QED) is 0.828. The molecule has 1 N–H and O–H groups in total. The van der Waals surface area contributed by atoms with Gasteiger partial charge in [0, 0.05) is 12.1 Å². The average Bonchev–Trinajstić information content (AvgIpc) is 2.53. The second kappa shape index (κ2) is 7.24. The number of hydrogen-bond donors (Lipinski definition) is 1. The largest absolute Gasteiger partial charge is 0.483 e. The molecule has 108 valence electrons. The Bertz CT molecular complexity index is 623. The van der Waals surface area contributed by atoms with Crippen LogP contribution in [-0.2, 0) is 4.79 Å². The lowest BCUT2D eigenvalue weighted by Gasteiger charge is -2.10. The van der Waals surface area contributed by atoms with Gasteiger partial charge in [-0.2, -0.15) is 0 Å². The van der Waals surface area contributed by atoms with Gasteiger partial charge in [-0.3, -0.25) is 9.59 Å². The zero-order chi connectivity index (χ0) is 15.1. The second-order valence-corrected chi connectivity index (χ2v) is 4.48. The molecule has 4 heteroatoms. The highest BCUT2D eigenvalue weighted by Gasteiger charge is 2.11. The van der Waals surface area contributed by atoms with Crippen LogP contribution < -0.4 is 10.1 Å². The van der Waals surface area contributed by atoms with E-state index in [4.69, 9.17) is 4.74 Å². The summed E-state index contributed by atoms with van der Waals surface area (Å²) in [6, 6.07) is 16.1. The van der Waals surface area contributed by atoms with Gasteiger partial charge in [0.15, 0.2) is 12.4 Å². The lowest BCUT2D eigenvalue weighted by atomic mass is 10.1. The second-order valence-electron chi connectivity index (χ2n) is 4.48. The van der Waals surface area contributed by atoms with Crippen molar-refractivity contribution in [2.45, 2.75) is 13.3 Å². The molecule has 4 nitrogen and oxygen atoms in total. The maximum atomic E-state index is 11.8. The van der Waals surface area contributed by atoms with Crippen molar-refractivity contribution in [2.24, 2.45) is 0 Å². The van der Waals surface area contributed by atoms with Crippen molar-refractivity contribution in [3.8, 4) is 5.75 Å². The monoisotopic (exact) mass is 283 g/mol. The topological polar surface area (TPSA) is 55.4 Å². The first-order chi connectivity index (χ1) is 10.2. The number of carbonyl (C=O) groups is 2. The van der Waals surface area contributed by atoms with Gasteiger partial charge in [-0.15, -0.1) is 0 Å². The minimum atomic E-state index is -0.264. The standard InChI is InChI=1S/C17H17NO3/c1-2-15(19)14-10-6-7-11-16(14)21-12-17(20)18-13-8-4-3-5-9-13/h3-11H,2,12H2,1H3,(H,18,20). The predicted molar refractivity (Wildman–Crippen MR) is 81.6 cm³/mol. The fourth-order valence-electron chi connectivity index (χ4n) is 1.88. The summed E-state index contributed by atoms with van der Waals surface area (Å²) in [5.41, 5.74) is 1.22. The molecular formula is C17H17NO3. The summed E-state index contributed by atoms with van der Waals surface area (Å²) in [7, 11) is 0. The first-order valence-corrected chi connectivity index (χ1v) is 6.80. The minimum Gasteiger partial charge on any atom is -0.483 e. The number of rotatable bonds is 6. The van der Waals surface area contributed by atoms with Gasteiger partial charge in [0.2, 0.25) is 0 Å². The number of para-hydroxylation sites is 2. The summed E-state index contributed by atoms with van der Waals surface area (Å²) in [5, 5.41) is 2.73. The fourth-order valence-corrected chi connectivity index (χ4v) is 1.88. The maximum absolute atomic E-state index is 11.8. The van der Waals surface area contributed by atoms with E-state index < -0.39 is 0 Å². The number of hydrogen-bond acceptors (Lipinski definition) is 3. The third-order valence-electron chi connectivity index (χ3n) is 2.92. The lowest BCUT2D eigenvalue weighted by Crippen LogP contribution is -2.20. The van der Waals surface area contributed by atoms with Crippen molar-refractivity contribution < 1.29 is 14.3 Å². The Labute approximate surface area is 123 Å². The van der Waals surface area contributed by atoms with Crippen LogP contribution in [0.4, 0.5) is 5.69 Å². The van der Waals surface area contributed by atoms with Gasteiger partial charge < -0.3 is 10.1 Å². The summed E-state index contributed by atoms with van der Waals surface area (Å²) in [5.74, 6) is 0.168. The van der Waals surface area contributed by atoms with Crippen molar-refractivity contribution in [2.75, 3.05) is 11.9 Å². The zero-order valence-electron chi connectivity index (χ0n) is 11.8. The van der Waals surface area contributed by atoms with Crippen LogP contribution in [0.1, 0.15) is 23.7 Å². The highest BCUT2D eigenvalue weighted by atomic mass is 16.5. The molecule has 0 radical (unpaired) electrons. The highest BCUT2D eigenvalue weighted by Crippen LogP contribution is 2.19. The average molecular weight is 283 g/mol. The smallest absolute Gasteiger partial charge is 0.262 e. The zero-order valence-corrected chi connectivity index (χ0v) is 11.8. The fraction of sp³-hybridized carbons (Fsp3) is 0.176. The van der Waals surface area contributed by atoms with E-state index in [0.717, 1.165) is 0 Å². The Balaban J connectivity index is 1.97. The number of ether oxygens (including phenoxy) is 1. The number of anilines is 1. The number of carbonyl (C=O) groups excluding carboxylic acids is 2. The Kier molecular flexibility index (Phi) is 5.10. The van der Waals surface area contributed by atoms with E-state index in [0.29, 0.717) is 23.4 Å². The lowest BCUT2D eigenvalue weighted by molar-refractivity contribution is -0.118. The first kappa shape index (κ1) is 14.8. The van der Waals surface area contributed by atoms with Crippen molar-refractivity contribution in [1.82, 2.24) is 0 Å². The van der Waals surface area contributed by atoms with E-state index in [2.05, 4.69) is 5.32 Å². The molecule has 2 aromatic rings. The highest BCUT2D eigenvalue weighted by molar-refractivity contribution is 5.98. The Hall–Kier alpha value is -2.62. The molecule has 0 saturated carbocycles. The van der Waals surface area contributed by atoms with Crippen LogP contribution in [-0.4, -0.2) is 18.3 Å². The first-order valence-electron chi connectivity index (χ1n) is 6.80. The molecule has 0 heterocycles. The number of amides is 1. The van der Waals surface area contributed by atoms with Gasteiger partial charge in [-0.1, -0.05) is 37.3 Å². The van der Waals surface area contributed by atoms with E-state index >= 15 is 0 Å². The molecule has 1 amide bonds. The third-order valence-corrected chi connectivity index (χ3v) is 2.92. The molecule has 0 fully saturated rings. The van der Waals surface area contributed by atoms with E-state index in [1.165, 1.54) is 0 Å². The molecule has 0 aromatic heterocycles. The Morgan fingerprint density at radius 2 is 1.67 bits per heavy atom. The van der Waals surface area contributed by atoms with Crippen molar-refractivity contribution >= 4 is 17.4 Å². The third kappa shape index (κ3) is 4.18. The molecule has 2 aromatic carbocycles. The summed E-state index contributed by atoms with van der Waals surface area (Å²) in [6.45, 7) is 1.66. The van der Waals surface area contributed by atoms with Crippen LogP contribution in [0.2, 0.25) is 0 Å². The summed E-state index contributed by atoms with van der Waals surface area (Å²) in [6.07, 6.45) is 0.399. The Morgan fingerprint density at radius 1 is 1.00 bits per heavy atom. The van der Waals surface area contributed by atoms with Crippen LogP contribution in [0.5, 0.6) is 5.75 Å².